The van der Waals surface area contributed by atoms with Crippen molar-refractivity contribution in [1.82, 2.24) is 4.98 Å². The molecule has 0 unspecified atom stereocenters. The Kier molecular flexibility index (Phi) is 5.08. The second-order valence-electron chi connectivity index (χ2n) is 4.79. The number of carbonyl (C=O) groups excluding carboxylic acids is 1. The first-order chi connectivity index (χ1) is 10.5. The van der Waals surface area contributed by atoms with E-state index in [9.17, 15) is 4.79 Å². The van der Waals surface area contributed by atoms with Gasteiger partial charge in [0, 0.05) is 18.0 Å². The van der Waals surface area contributed by atoms with Gasteiger partial charge < -0.3 is 15.3 Å². The molecule has 0 spiro atoms. The predicted molar refractivity (Wildman–Crippen MR) is 82.5 cm³/mol. The van der Waals surface area contributed by atoms with Gasteiger partial charge in [-0.3, -0.25) is 4.98 Å². The number of nitrogens with zero attached hydrogens (tertiary/aromatic N) is 2. The van der Waals surface area contributed by atoms with Gasteiger partial charge in [0.05, 0.1) is 0 Å². The van der Waals surface area contributed by atoms with E-state index in [4.69, 9.17) is 15.3 Å². The molecule has 0 radical (unpaired) electrons. The summed E-state index contributed by atoms with van der Waals surface area (Å²) in [6.45, 7) is 3.67. The van der Waals surface area contributed by atoms with Gasteiger partial charge in [0.15, 0.2) is 12.4 Å². The van der Waals surface area contributed by atoms with Crippen LogP contribution in [0.15, 0.2) is 47.9 Å². The summed E-state index contributed by atoms with van der Waals surface area (Å²) >= 11 is 0. The third kappa shape index (κ3) is 4.59. The third-order valence-electron chi connectivity index (χ3n) is 2.77. The lowest BCUT2D eigenvalue weighted by molar-refractivity contribution is -0.146. The number of carbonyl (C=O) groups is 1. The molecule has 0 aliphatic rings. The van der Waals surface area contributed by atoms with Crippen molar-refractivity contribution in [3.05, 3.63) is 59.4 Å². The fraction of sp³-hybridized carbons (Fsp3) is 0.188. The number of aryl methyl sites for hydroxylation is 2. The van der Waals surface area contributed by atoms with Crippen molar-refractivity contribution in [1.29, 1.82) is 0 Å². The molecular formula is C16H17N3O3. The van der Waals surface area contributed by atoms with E-state index in [1.165, 1.54) is 0 Å². The number of nitrogens with two attached hydrogens (primary N) is 1. The molecule has 1 heterocycles. The molecular weight excluding hydrogens is 282 g/mol. The zero-order valence-corrected chi connectivity index (χ0v) is 12.4. The lowest BCUT2D eigenvalue weighted by atomic mass is 10.1. The molecule has 0 aliphatic carbocycles. The minimum absolute atomic E-state index is 0.0992. The van der Waals surface area contributed by atoms with Gasteiger partial charge in [0.1, 0.15) is 5.75 Å². The van der Waals surface area contributed by atoms with Crippen molar-refractivity contribution >= 4 is 11.8 Å². The van der Waals surface area contributed by atoms with E-state index < -0.39 is 5.97 Å². The number of pyridine rings is 1. The Hall–Kier alpha value is -2.89. The van der Waals surface area contributed by atoms with Gasteiger partial charge in [-0.1, -0.05) is 11.2 Å². The van der Waals surface area contributed by atoms with E-state index >= 15 is 0 Å². The van der Waals surface area contributed by atoms with E-state index in [2.05, 4.69) is 10.1 Å². The molecule has 114 valence electrons. The molecule has 0 aliphatic heterocycles. The predicted octanol–water partition coefficient (Wildman–Crippen LogP) is 1.94. The normalized spacial score (nSPS) is 11.1. The van der Waals surface area contributed by atoms with E-state index in [0.29, 0.717) is 11.3 Å². The highest BCUT2D eigenvalue weighted by molar-refractivity contribution is 5.97. The quantitative estimate of drug-likeness (QED) is 0.394. The van der Waals surface area contributed by atoms with E-state index in [0.717, 1.165) is 11.1 Å². The summed E-state index contributed by atoms with van der Waals surface area (Å²) in [6, 6.07) is 9.03. The zero-order valence-electron chi connectivity index (χ0n) is 12.4. The number of benzene rings is 1. The maximum Gasteiger partial charge on any atom is 0.372 e. The van der Waals surface area contributed by atoms with Gasteiger partial charge in [0.25, 0.3) is 0 Å². The minimum Gasteiger partial charge on any atom is -0.482 e. The van der Waals surface area contributed by atoms with Gasteiger partial charge in [0.2, 0.25) is 0 Å². The van der Waals surface area contributed by atoms with Gasteiger partial charge in [-0.15, -0.1) is 0 Å². The Morgan fingerprint density at radius 2 is 1.82 bits per heavy atom. The molecule has 2 aromatic rings. The molecule has 1 aromatic carbocycles. The van der Waals surface area contributed by atoms with Crippen LogP contribution in [0.3, 0.4) is 0 Å². The Balaban J connectivity index is 1.88. The topological polar surface area (TPSA) is 86.8 Å². The second-order valence-corrected chi connectivity index (χ2v) is 4.79. The maximum absolute atomic E-state index is 11.6. The molecule has 22 heavy (non-hydrogen) atoms. The molecule has 6 heteroatoms. The van der Waals surface area contributed by atoms with Crippen LogP contribution in [-0.2, 0) is 9.63 Å². The van der Waals surface area contributed by atoms with Crippen LogP contribution in [0, 0.1) is 13.8 Å². The summed E-state index contributed by atoms with van der Waals surface area (Å²) in [5, 5.41) is 3.58. The maximum atomic E-state index is 11.6. The summed E-state index contributed by atoms with van der Waals surface area (Å²) in [4.78, 5) is 20.2. The molecule has 6 nitrogen and oxygen atoms in total. The number of amidine groups is 1. The molecule has 0 bridgehead atoms. The molecule has 0 saturated heterocycles. The van der Waals surface area contributed by atoms with Gasteiger partial charge in [-0.2, -0.15) is 0 Å². The van der Waals surface area contributed by atoms with Crippen molar-refractivity contribution in [2.24, 2.45) is 10.9 Å². The average Bonchev–Trinajstić information content (AvgIpc) is 2.50. The largest absolute Gasteiger partial charge is 0.482 e. The fourth-order valence-corrected chi connectivity index (χ4v) is 1.86. The number of oxime groups is 1. The van der Waals surface area contributed by atoms with E-state index in [1.807, 2.05) is 32.0 Å². The zero-order chi connectivity index (χ0) is 15.9. The number of hydrogen-bond acceptors (Lipinski definition) is 5. The Morgan fingerprint density at radius 3 is 2.45 bits per heavy atom. The summed E-state index contributed by atoms with van der Waals surface area (Å²) in [6.07, 6.45) is 3.14. The van der Waals surface area contributed by atoms with E-state index in [1.54, 1.807) is 24.5 Å². The lowest BCUT2D eigenvalue weighted by Gasteiger charge is -2.06. The van der Waals surface area contributed by atoms with Gasteiger partial charge in [-0.05, 0) is 49.2 Å². The third-order valence-corrected chi connectivity index (χ3v) is 2.77. The Labute approximate surface area is 128 Å². The van der Waals surface area contributed by atoms with Gasteiger partial charge in [-0.25, -0.2) is 4.79 Å². The van der Waals surface area contributed by atoms with Crippen LogP contribution >= 0.6 is 0 Å². The highest BCUT2D eigenvalue weighted by Crippen LogP contribution is 2.16. The smallest absolute Gasteiger partial charge is 0.372 e. The second kappa shape index (κ2) is 7.21. The molecule has 0 fully saturated rings. The minimum atomic E-state index is -0.629. The highest BCUT2D eigenvalue weighted by atomic mass is 16.7. The lowest BCUT2D eigenvalue weighted by Crippen LogP contribution is -2.18. The summed E-state index contributed by atoms with van der Waals surface area (Å²) in [7, 11) is 0. The first-order valence-electron chi connectivity index (χ1n) is 6.69. The van der Waals surface area contributed by atoms with Crippen molar-refractivity contribution in [3.63, 3.8) is 0 Å². The first kappa shape index (κ1) is 15.5. The van der Waals surface area contributed by atoms with Gasteiger partial charge >= 0.3 is 5.97 Å². The number of hydrogen-bond donors (Lipinski definition) is 1. The van der Waals surface area contributed by atoms with Crippen LogP contribution in [0.25, 0.3) is 0 Å². The monoisotopic (exact) mass is 299 g/mol. The Morgan fingerprint density at radius 1 is 1.18 bits per heavy atom. The highest BCUT2D eigenvalue weighted by Gasteiger charge is 2.06. The number of ether oxygens (including phenoxy) is 1. The van der Waals surface area contributed by atoms with Crippen molar-refractivity contribution in [3.8, 4) is 5.75 Å². The molecule has 0 amide bonds. The SMILES string of the molecule is Cc1cc(C)cc(OCC(=O)ON=C(N)c2ccncc2)c1. The van der Waals surface area contributed by atoms with Crippen LogP contribution in [0.1, 0.15) is 16.7 Å². The molecule has 0 saturated carbocycles. The van der Waals surface area contributed by atoms with Crippen molar-refractivity contribution in [2.45, 2.75) is 13.8 Å². The molecule has 2 rings (SSSR count). The number of rotatable bonds is 5. The van der Waals surface area contributed by atoms with Crippen LogP contribution in [-0.4, -0.2) is 23.4 Å². The molecule has 0 atom stereocenters. The van der Waals surface area contributed by atoms with Crippen LogP contribution in [0.5, 0.6) is 5.75 Å². The van der Waals surface area contributed by atoms with Crippen LogP contribution in [0.2, 0.25) is 0 Å². The van der Waals surface area contributed by atoms with Crippen molar-refractivity contribution < 1.29 is 14.4 Å². The van der Waals surface area contributed by atoms with Crippen molar-refractivity contribution in [2.75, 3.05) is 6.61 Å². The Bertz CT molecular complexity index is 664. The first-order valence-corrected chi connectivity index (χ1v) is 6.69. The average molecular weight is 299 g/mol. The standard InChI is InChI=1S/C16H17N3O3/c1-11-7-12(2)9-14(8-11)21-10-15(20)22-19-16(17)13-3-5-18-6-4-13/h3-9H,10H2,1-2H3,(H2,17,19). The summed E-state index contributed by atoms with van der Waals surface area (Å²) in [5.41, 5.74) is 8.43. The number of aromatic nitrogens is 1. The van der Waals surface area contributed by atoms with Crippen LogP contribution in [0.4, 0.5) is 0 Å². The van der Waals surface area contributed by atoms with Crippen LogP contribution < -0.4 is 10.5 Å². The molecule has 2 N–H and O–H groups in total. The summed E-state index contributed by atoms with van der Waals surface area (Å²) < 4.78 is 5.37. The summed E-state index contributed by atoms with van der Waals surface area (Å²) in [5.74, 6) is 0.0823. The molecule has 1 aromatic heterocycles. The fourth-order valence-electron chi connectivity index (χ4n) is 1.86. The van der Waals surface area contributed by atoms with E-state index in [-0.39, 0.29) is 12.4 Å².